The number of hydrogen-bond donors (Lipinski definition) is 1. The third kappa shape index (κ3) is 4.80. The molecule has 0 aliphatic carbocycles. The summed E-state index contributed by atoms with van der Waals surface area (Å²) in [6, 6.07) is 7.95. The number of carbonyl (C=O) groups is 1. The van der Waals surface area contributed by atoms with Crippen molar-refractivity contribution in [2.45, 2.75) is 20.4 Å². The van der Waals surface area contributed by atoms with Gasteiger partial charge in [-0.15, -0.1) is 0 Å². The zero-order valence-corrected chi connectivity index (χ0v) is 14.0. The van der Waals surface area contributed by atoms with Crippen LogP contribution in [0.4, 0.5) is 0 Å². The molecule has 1 heterocycles. The Kier molecular flexibility index (Phi) is 6.36. The molecule has 0 radical (unpaired) electrons. The number of likely N-dealkylation sites (N-methyl/N-ethyl adjacent to an activating group) is 1. The zero-order chi connectivity index (χ0) is 15.9. The molecule has 5 nitrogen and oxygen atoms in total. The summed E-state index contributed by atoms with van der Waals surface area (Å²) in [6.07, 6.45) is 0. The fourth-order valence-corrected chi connectivity index (χ4v) is 2.59. The predicted octanol–water partition coefficient (Wildman–Crippen LogP) is 1.42. The molecule has 0 aromatic heterocycles. The number of nitrogens with one attached hydrogen (secondary N) is 1. The van der Waals surface area contributed by atoms with Gasteiger partial charge in [0.05, 0.1) is 0 Å². The monoisotopic (exact) mass is 304 g/mol. The van der Waals surface area contributed by atoms with E-state index in [4.69, 9.17) is 0 Å². The summed E-state index contributed by atoms with van der Waals surface area (Å²) in [6.45, 7) is 11.1. The van der Waals surface area contributed by atoms with Gasteiger partial charge in [-0.25, -0.2) is 5.01 Å². The summed E-state index contributed by atoms with van der Waals surface area (Å²) >= 11 is 0. The lowest BCUT2D eigenvalue weighted by Crippen LogP contribution is -2.52. The lowest BCUT2D eigenvalue weighted by Gasteiger charge is -2.32. The molecule has 1 N–H and O–H groups in total. The van der Waals surface area contributed by atoms with Crippen molar-refractivity contribution in [3.8, 4) is 0 Å². The first-order valence-corrected chi connectivity index (χ1v) is 8.18. The van der Waals surface area contributed by atoms with Gasteiger partial charge in [-0.3, -0.25) is 15.1 Å². The van der Waals surface area contributed by atoms with Crippen LogP contribution >= 0.6 is 0 Å². The fourth-order valence-electron chi connectivity index (χ4n) is 2.59. The first-order chi connectivity index (χ1) is 10.6. The maximum atomic E-state index is 12.3. The van der Waals surface area contributed by atoms with Gasteiger partial charge in [-0.2, -0.15) is 0 Å². The highest BCUT2D eigenvalue weighted by molar-refractivity contribution is 5.93. The second-order valence-corrected chi connectivity index (χ2v) is 5.89. The summed E-state index contributed by atoms with van der Waals surface area (Å²) in [5, 5.41) is 2.01. The minimum atomic E-state index is -0.0149. The van der Waals surface area contributed by atoms with Crippen LogP contribution in [0.25, 0.3) is 0 Å². The maximum absolute atomic E-state index is 12.3. The molecule has 1 fully saturated rings. The average molecular weight is 304 g/mol. The van der Waals surface area contributed by atoms with Gasteiger partial charge in [0.25, 0.3) is 5.91 Å². The molecule has 1 aromatic carbocycles. The van der Waals surface area contributed by atoms with Crippen LogP contribution in [0.2, 0.25) is 0 Å². The molecule has 1 saturated heterocycles. The highest BCUT2D eigenvalue weighted by Gasteiger charge is 2.16. The Morgan fingerprint density at radius 1 is 1.09 bits per heavy atom. The first-order valence-electron chi connectivity index (χ1n) is 8.18. The van der Waals surface area contributed by atoms with Crippen LogP contribution in [0.3, 0.4) is 0 Å². The minimum Gasteiger partial charge on any atom is -0.304 e. The van der Waals surface area contributed by atoms with Crippen LogP contribution in [0.1, 0.15) is 29.8 Å². The molecular formula is C17H28N4O. The Balaban J connectivity index is 1.88. The van der Waals surface area contributed by atoms with Crippen molar-refractivity contribution >= 4 is 5.91 Å². The van der Waals surface area contributed by atoms with Crippen LogP contribution in [-0.2, 0) is 6.54 Å². The van der Waals surface area contributed by atoms with Crippen LogP contribution in [0, 0.1) is 0 Å². The van der Waals surface area contributed by atoms with E-state index < -0.39 is 0 Å². The number of carbonyl (C=O) groups excluding carboxylic acids is 1. The summed E-state index contributed by atoms with van der Waals surface area (Å²) in [5.41, 5.74) is 4.97. The van der Waals surface area contributed by atoms with Crippen molar-refractivity contribution in [3.05, 3.63) is 35.4 Å². The largest absolute Gasteiger partial charge is 0.304 e. The number of hydrazine groups is 1. The molecule has 5 heteroatoms. The third-order valence-corrected chi connectivity index (χ3v) is 4.28. The van der Waals surface area contributed by atoms with Crippen LogP contribution < -0.4 is 5.43 Å². The van der Waals surface area contributed by atoms with E-state index in [0.29, 0.717) is 0 Å². The highest BCUT2D eigenvalue weighted by atomic mass is 16.2. The molecule has 1 aliphatic rings. The van der Waals surface area contributed by atoms with Gasteiger partial charge in [0.1, 0.15) is 0 Å². The van der Waals surface area contributed by atoms with Crippen molar-refractivity contribution in [1.29, 1.82) is 0 Å². The molecule has 1 aromatic rings. The van der Waals surface area contributed by atoms with Gasteiger partial charge in [0.15, 0.2) is 0 Å². The normalized spacial score (nSPS) is 16.9. The Hall–Kier alpha value is -1.43. The number of nitrogens with zero attached hydrogens (tertiary/aromatic N) is 3. The standard InChI is InChI=1S/C17H28N4O/c1-4-20(5-2)14-15-6-8-16(9-7-15)17(22)18-21-12-10-19(3)11-13-21/h6-9H,4-5,10-14H2,1-3H3,(H,18,22). The zero-order valence-electron chi connectivity index (χ0n) is 14.0. The molecule has 1 aliphatic heterocycles. The molecule has 0 saturated carbocycles. The van der Waals surface area contributed by atoms with Crippen molar-refractivity contribution < 1.29 is 4.79 Å². The van der Waals surface area contributed by atoms with E-state index in [1.54, 1.807) is 0 Å². The Labute approximate surface area is 133 Å². The molecule has 0 atom stereocenters. The summed E-state index contributed by atoms with van der Waals surface area (Å²) in [5.74, 6) is -0.0149. The topological polar surface area (TPSA) is 38.8 Å². The summed E-state index contributed by atoms with van der Waals surface area (Å²) < 4.78 is 0. The Morgan fingerprint density at radius 2 is 1.68 bits per heavy atom. The van der Waals surface area contributed by atoms with Crippen molar-refractivity contribution in [1.82, 2.24) is 20.2 Å². The van der Waals surface area contributed by atoms with Crippen molar-refractivity contribution in [2.24, 2.45) is 0 Å². The molecule has 122 valence electrons. The lowest BCUT2D eigenvalue weighted by molar-refractivity contribution is 0.0662. The molecule has 0 bridgehead atoms. The van der Waals surface area contributed by atoms with Crippen LogP contribution in [0.5, 0.6) is 0 Å². The number of benzene rings is 1. The van der Waals surface area contributed by atoms with E-state index in [1.165, 1.54) is 5.56 Å². The molecule has 0 unspecified atom stereocenters. The lowest BCUT2D eigenvalue weighted by atomic mass is 10.1. The second kappa shape index (κ2) is 8.27. The molecular weight excluding hydrogens is 276 g/mol. The van der Waals surface area contributed by atoms with Gasteiger partial charge < -0.3 is 4.90 Å². The third-order valence-electron chi connectivity index (χ3n) is 4.28. The number of rotatable bonds is 6. The van der Waals surface area contributed by atoms with Gasteiger partial charge in [-0.05, 0) is 37.8 Å². The van der Waals surface area contributed by atoms with Crippen LogP contribution in [0.15, 0.2) is 24.3 Å². The fraction of sp³-hybridized carbons (Fsp3) is 0.588. The van der Waals surface area contributed by atoms with E-state index >= 15 is 0 Å². The second-order valence-electron chi connectivity index (χ2n) is 5.89. The van der Waals surface area contributed by atoms with E-state index in [9.17, 15) is 4.79 Å². The van der Waals surface area contributed by atoms with Crippen LogP contribution in [-0.4, -0.2) is 67.0 Å². The first kappa shape index (κ1) is 16.9. The summed E-state index contributed by atoms with van der Waals surface area (Å²) in [7, 11) is 2.10. The smallest absolute Gasteiger partial charge is 0.265 e. The number of hydrogen-bond acceptors (Lipinski definition) is 4. The molecule has 2 rings (SSSR count). The number of amides is 1. The Morgan fingerprint density at radius 3 is 2.23 bits per heavy atom. The van der Waals surface area contributed by atoms with E-state index in [2.05, 4.69) is 48.3 Å². The van der Waals surface area contributed by atoms with Gasteiger partial charge in [0, 0.05) is 38.3 Å². The molecule has 0 spiro atoms. The van der Waals surface area contributed by atoms with Gasteiger partial charge in [0.2, 0.25) is 0 Å². The summed E-state index contributed by atoms with van der Waals surface area (Å²) in [4.78, 5) is 16.9. The van der Waals surface area contributed by atoms with Crippen molar-refractivity contribution in [2.75, 3.05) is 46.3 Å². The maximum Gasteiger partial charge on any atom is 0.265 e. The van der Waals surface area contributed by atoms with E-state index in [-0.39, 0.29) is 5.91 Å². The average Bonchev–Trinajstić information content (AvgIpc) is 2.55. The van der Waals surface area contributed by atoms with Gasteiger partial charge >= 0.3 is 0 Å². The number of piperazine rings is 1. The molecule has 22 heavy (non-hydrogen) atoms. The highest BCUT2D eigenvalue weighted by Crippen LogP contribution is 2.08. The van der Waals surface area contributed by atoms with Gasteiger partial charge in [-0.1, -0.05) is 26.0 Å². The van der Waals surface area contributed by atoms with E-state index in [0.717, 1.165) is 51.4 Å². The SMILES string of the molecule is CCN(CC)Cc1ccc(C(=O)NN2CCN(C)CC2)cc1. The quantitative estimate of drug-likeness (QED) is 0.863. The molecule has 1 amide bonds. The predicted molar refractivity (Wildman–Crippen MR) is 89.6 cm³/mol. The van der Waals surface area contributed by atoms with Crippen molar-refractivity contribution in [3.63, 3.8) is 0 Å². The van der Waals surface area contributed by atoms with E-state index in [1.807, 2.05) is 17.1 Å². The Bertz CT molecular complexity index is 462. The minimum absolute atomic E-state index is 0.0149.